The minimum Gasteiger partial charge on any atom is -0.484 e. The first-order valence-electron chi connectivity index (χ1n) is 11.5. The molecule has 2 bridgehead atoms. The van der Waals surface area contributed by atoms with Crippen LogP contribution in [0.3, 0.4) is 0 Å². The van der Waals surface area contributed by atoms with E-state index in [1.165, 1.54) is 17.7 Å². The molecule has 5 rings (SSSR count). The maximum absolute atomic E-state index is 13.5. The van der Waals surface area contributed by atoms with Crippen molar-refractivity contribution >= 4 is 23.4 Å². The summed E-state index contributed by atoms with van der Waals surface area (Å²) in [5.74, 6) is 0.613. The largest absolute Gasteiger partial charge is 0.484 e. The summed E-state index contributed by atoms with van der Waals surface area (Å²) in [5, 5.41) is 6.10. The van der Waals surface area contributed by atoms with Gasteiger partial charge in [-0.2, -0.15) is 0 Å². The van der Waals surface area contributed by atoms with Crippen LogP contribution in [0.25, 0.3) is 0 Å². The highest BCUT2D eigenvalue weighted by atomic mass is 35.5. The minimum atomic E-state index is -0.591. The van der Waals surface area contributed by atoms with Gasteiger partial charge >= 0.3 is 0 Å². The molecule has 33 heavy (non-hydrogen) atoms. The summed E-state index contributed by atoms with van der Waals surface area (Å²) in [4.78, 5) is 25.3. The van der Waals surface area contributed by atoms with Crippen molar-refractivity contribution in [2.45, 2.75) is 51.6 Å². The van der Waals surface area contributed by atoms with E-state index in [2.05, 4.69) is 48.7 Å². The fourth-order valence-electron chi connectivity index (χ4n) is 4.83. The van der Waals surface area contributed by atoms with Crippen molar-refractivity contribution < 1.29 is 18.7 Å². The lowest BCUT2D eigenvalue weighted by Crippen LogP contribution is -2.56. The summed E-state index contributed by atoms with van der Waals surface area (Å²) >= 11 is 5.66. The lowest BCUT2D eigenvalue weighted by molar-refractivity contribution is -0.136. The average Bonchev–Trinajstić information content (AvgIpc) is 2.77. The van der Waals surface area contributed by atoms with Crippen LogP contribution in [0.5, 0.6) is 5.75 Å². The highest BCUT2D eigenvalue weighted by Gasteiger charge is 2.48. The van der Waals surface area contributed by atoms with E-state index in [1.54, 1.807) is 0 Å². The van der Waals surface area contributed by atoms with Gasteiger partial charge in [-0.25, -0.2) is 4.39 Å². The van der Waals surface area contributed by atoms with Crippen molar-refractivity contribution in [2.24, 2.45) is 17.8 Å². The summed E-state index contributed by atoms with van der Waals surface area (Å²) < 4.78 is 18.9. The van der Waals surface area contributed by atoms with Crippen molar-refractivity contribution in [3.05, 3.63) is 64.4 Å². The van der Waals surface area contributed by atoms with Crippen LogP contribution in [-0.4, -0.2) is 24.5 Å². The zero-order chi connectivity index (χ0) is 23.5. The number of rotatable bonds is 8. The molecule has 3 aliphatic rings. The monoisotopic (exact) mass is 472 g/mol. The fraction of sp³-hybridized carbons (Fsp3) is 0.462. The summed E-state index contributed by atoms with van der Waals surface area (Å²) in [6.45, 7) is 4.61. The van der Waals surface area contributed by atoms with E-state index in [0.717, 1.165) is 24.5 Å². The third-order valence-corrected chi connectivity index (χ3v) is 7.22. The quantitative estimate of drug-likeness (QED) is 0.578. The van der Waals surface area contributed by atoms with Gasteiger partial charge in [0.15, 0.2) is 6.61 Å². The Hall–Kier alpha value is -2.60. The molecule has 3 fully saturated rings. The van der Waals surface area contributed by atoms with Crippen molar-refractivity contribution in [2.75, 3.05) is 6.61 Å². The van der Waals surface area contributed by atoms with Crippen LogP contribution in [0.1, 0.15) is 50.2 Å². The van der Waals surface area contributed by atoms with Crippen molar-refractivity contribution in [3.63, 3.8) is 0 Å². The second kappa shape index (κ2) is 10.1. The molecule has 0 spiro atoms. The number of nitrogens with one attached hydrogen (secondary N) is 2. The average molecular weight is 473 g/mol. The van der Waals surface area contributed by atoms with Gasteiger partial charge in [0.25, 0.3) is 5.91 Å². The molecule has 5 nitrogen and oxygen atoms in total. The number of carbonyl (C=O) groups excluding carboxylic acids is 2. The molecule has 0 radical (unpaired) electrons. The van der Waals surface area contributed by atoms with Gasteiger partial charge < -0.3 is 15.4 Å². The van der Waals surface area contributed by atoms with E-state index in [4.69, 9.17) is 16.3 Å². The molecule has 3 aliphatic carbocycles. The van der Waals surface area contributed by atoms with E-state index in [-0.39, 0.29) is 41.2 Å². The molecule has 0 unspecified atom stereocenters. The van der Waals surface area contributed by atoms with Gasteiger partial charge in [0.2, 0.25) is 5.91 Å². The number of carbonyl (C=O) groups is 2. The molecule has 0 aliphatic heterocycles. The molecule has 0 heterocycles. The molecular formula is C26H30ClFN2O3. The van der Waals surface area contributed by atoms with Crippen LogP contribution in [0.2, 0.25) is 5.02 Å². The lowest BCUT2D eigenvalue weighted by Gasteiger charge is -2.50. The van der Waals surface area contributed by atoms with Crippen molar-refractivity contribution in [1.82, 2.24) is 10.6 Å². The third kappa shape index (κ3) is 5.67. The van der Waals surface area contributed by atoms with Gasteiger partial charge in [-0.1, -0.05) is 49.7 Å². The minimum absolute atomic E-state index is 0.00503. The summed E-state index contributed by atoms with van der Waals surface area (Å²) in [5.41, 5.74) is 2.36. The van der Waals surface area contributed by atoms with E-state index in [9.17, 15) is 14.0 Å². The van der Waals surface area contributed by atoms with Crippen molar-refractivity contribution in [3.8, 4) is 5.75 Å². The second-order valence-electron chi connectivity index (χ2n) is 9.49. The van der Waals surface area contributed by atoms with E-state index >= 15 is 0 Å². The van der Waals surface area contributed by atoms with Gasteiger partial charge in [-0.15, -0.1) is 0 Å². The van der Waals surface area contributed by atoms with E-state index < -0.39 is 5.82 Å². The molecular weight excluding hydrogens is 443 g/mol. The molecule has 2 atom stereocenters. The van der Waals surface area contributed by atoms with Gasteiger partial charge in [-0.3, -0.25) is 9.59 Å². The second-order valence-corrected chi connectivity index (χ2v) is 9.89. The number of hydrogen-bond donors (Lipinski definition) is 2. The van der Waals surface area contributed by atoms with Crippen LogP contribution < -0.4 is 15.4 Å². The maximum atomic E-state index is 13.5. The normalized spacial score (nSPS) is 23.5. The van der Waals surface area contributed by atoms with Gasteiger partial charge in [0, 0.05) is 24.6 Å². The first-order valence-corrected chi connectivity index (χ1v) is 11.9. The fourth-order valence-corrected chi connectivity index (χ4v) is 4.94. The molecule has 3 saturated carbocycles. The highest BCUT2D eigenvalue weighted by Crippen LogP contribution is 2.49. The molecule has 2 amide bonds. The van der Waals surface area contributed by atoms with Crippen LogP contribution >= 0.6 is 11.6 Å². The maximum Gasteiger partial charge on any atom is 0.258 e. The van der Waals surface area contributed by atoms with Crippen LogP contribution in [0.15, 0.2) is 42.5 Å². The van der Waals surface area contributed by atoms with Crippen molar-refractivity contribution in [1.29, 1.82) is 0 Å². The number of hydrogen-bond acceptors (Lipinski definition) is 3. The summed E-state index contributed by atoms with van der Waals surface area (Å²) in [7, 11) is 0. The molecule has 7 heteroatoms. The molecule has 2 N–H and O–H groups in total. The lowest BCUT2D eigenvalue weighted by atomic mass is 9.57. The Morgan fingerprint density at radius 2 is 1.82 bits per heavy atom. The Morgan fingerprint density at radius 3 is 2.48 bits per heavy atom. The first kappa shape index (κ1) is 23.6. The predicted molar refractivity (Wildman–Crippen MR) is 126 cm³/mol. The number of ether oxygens (including phenoxy) is 1. The number of amides is 2. The summed E-state index contributed by atoms with van der Waals surface area (Å²) in [6, 6.07) is 12.4. The highest BCUT2D eigenvalue weighted by molar-refractivity contribution is 6.30. The SMILES string of the molecule is CC(C)c1ccc(CNC(=O)[C@@H]2C[C@H](NC(=O)COc3ccc(Cl)c(F)c3)C3CC2C3)cc1. The van der Waals surface area contributed by atoms with Crippen LogP contribution in [-0.2, 0) is 16.1 Å². The first-order chi connectivity index (χ1) is 15.8. The smallest absolute Gasteiger partial charge is 0.258 e. The molecule has 2 aromatic rings. The third-order valence-electron chi connectivity index (χ3n) is 6.91. The molecule has 0 saturated heterocycles. The zero-order valence-electron chi connectivity index (χ0n) is 18.9. The van der Waals surface area contributed by atoms with E-state index in [0.29, 0.717) is 30.7 Å². The standard InChI is InChI=1S/C26H30ClFN2O3/c1-15(2)17-5-3-16(4-6-17)13-29-26(32)21-12-24(19-9-18(21)10-19)30-25(31)14-33-20-7-8-22(27)23(28)11-20/h3-8,11,15,18-19,21,24H,9-10,12-14H2,1-2H3,(H,29,32)(H,30,31)/t18?,19?,21-,24+/m1/s1. The van der Waals surface area contributed by atoms with Gasteiger partial charge in [0.05, 0.1) is 5.02 Å². The Kier molecular flexibility index (Phi) is 7.23. The topological polar surface area (TPSA) is 67.4 Å². The Morgan fingerprint density at radius 1 is 1.09 bits per heavy atom. The predicted octanol–water partition coefficient (Wildman–Crippen LogP) is 4.83. The van der Waals surface area contributed by atoms with Gasteiger partial charge in [0.1, 0.15) is 11.6 Å². The van der Waals surface area contributed by atoms with E-state index in [1.807, 2.05) is 0 Å². The van der Waals surface area contributed by atoms with Crippen LogP contribution in [0, 0.1) is 23.6 Å². The number of benzene rings is 2. The zero-order valence-corrected chi connectivity index (χ0v) is 19.7. The number of fused-ring (bicyclic) bond motifs is 2. The Balaban J connectivity index is 1.26. The van der Waals surface area contributed by atoms with Gasteiger partial charge in [-0.05, 0) is 60.3 Å². The number of halogens is 2. The Labute approximate surface area is 199 Å². The molecule has 2 aromatic carbocycles. The van der Waals surface area contributed by atoms with Crippen LogP contribution in [0.4, 0.5) is 4.39 Å². The molecule has 176 valence electrons. The molecule has 0 aromatic heterocycles. The Bertz CT molecular complexity index is 1010. The summed E-state index contributed by atoms with van der Waals surface area (Å²) in [6.07, 6.45) is 2.54.